The number of piperidine rings is 1. The van der Waals surface area contributed by atoms with Gasteiger partial charge in [0, 0.05) is 34.6 Å². The van der Waals surface area contributed by atoms with Gasteiger partial charge < -0.3 is 19.7 Å². The second-order valence-electron chi connectivity index (χ2n) is 7.69. The lowest BCUT2D eigenvalue weighted by Crippen LogP contribution is -2.43. The molecule has 33 heavy (non-hydrogen) atoms. The van der Waals surface area contributed by atoms with Gasteiger partial charge in [0.15, 0.2) is 16.6 Å². The second kappa shape index (κ2) is 10.2. The van der Waals surface area contributed by atoms with Crippen LogP contribution in [0.15, 0.2) is 47.8 Å². The Morgan fingerprint density at radius 1 is 1.12 bits per heavy atom. The number of ether oxygens (including phenoxy) is 2. The molecule has 0 bridgehead atoms. The number of benzene rings is 2. The molecule has 0 spiro atoms. The molecule has 1 aromatic heterocycles. The van der Waals surface area contributed by atoms with Crippen molar-refractivity contribution in [2.45, 2.75) is 12.8 Å². The minimum absolute atomic E-state index is 0.0887. The van der Waals surface area contributed by atoms with E-state index in [1.165, 1.54) is 11.3 Å². The monoisotopic (exact) mass is 485 g/mol. The number of carbonyl (C=O) groups excluding carboxylic acids is 2. The third-order valence-electron chi connectivity index (χ3n) is 5.58. The largest absolute Gasteiger partial charge is 0.493 e. The molecule has 9 heteroatoms. The molecule has 1 aliphatic rings. The summed E-state index contributed by atoms with van der Waals surface area (Å²) in [5.41, 5.74) is 2.17. The molecule has 1 aliphatic heterocycles. The lowest BCUT2D eigenvalue weighted by atomic mass is 9.96. The molecule has 2 amide bonds. The maximum atomic E-state index is 12.9. The maximum absolute atomic E-state index is 12.9. The Hall–Kier alpha value is -3.10. The highest BCUT2D eigenvalue weighted by atomic mass is 35.5. The third-order valence-corrected chi connectivity index (χ3v) is 6.59. The molecular weight excluding hydrogens is 462 g/mol. The van der Waals surface area contributed by atoms with Gasteiger partial charge >= 0.3 is 0 Å². The van der Waals surface area contributed by atoms with E-state index in [-0.39, 0.29) is 17.7 Å². The van der Waals surface area contributed by atoms with Gasteiger partial charge in [-0.1, -0.05) is 11.6 Å². The Kier molecular flexibility index (Phi) is 7.15. The number of methoxy groups -OCH3 is 2. The van der Waals surface area contributed by atoms with Crippen LogP contribution in [-0.2, 0) is 4.79 Å². The SMILES string of the molecule is COc1ccc(-c2csc(NC(=O)C3CCCN(C(=O)c4ccc(Cl)cc4)C3)n2)cc1OC. The number of nitrogens with one attached hydrogen (secondary N) is 1. The topological polar surface area (TPSA) is 80.8 Å². The molecule has 172 valence electrons. The Morgan fingerprint density at radius 3 is 2.61 bits per heavy atom. The Balaban J connectivity index is 1.41. The Labute approximate surface area is 201 Å². The highest BCUT2D eigenvalue weighted by molar-refractivity contribution is 7.14. The first-order valence-electron chi connectivity index (χ1n) is 10.5. The van der Waals surface area contributed by atoms with E-state index in [1.54, 1.807) is 43.4 Å². The van der Waals surface area contributed by atoms with Gasteiger partial charge in [-0.05, 0) is 55.3 Å². The molecule has 0 radical (unpaired) electrons. The Morgan fingerprint density at radius 2 is 1.88 bits per heavy atom. The summed E-state index contributed by atoms with van der Waals surface area (Å²) in [6, 6.07) is 12.4. The number of halogens is 1. The van der Waals surface area contributed by atoms with Crippen LogP contribution in [0.5, 0.6) is 11.5 Å². The lowest BCUT2D eigenvalue weighted by molar-refractivity contribution is -0.121. The zero-order chi connectivity index (χ0) is 23.4. The fourth-order valence-corrected chi connectivity index (χ4v) is 4.67. The molecule has 2 aromatic carbocycles. The molecule has 7 nitrogen and oxygen atoms in total. The summed E-state index contributed by atoms with van der Waals surface area (Å²) < 4.78 is 10.6. The standard InChI is InChI=1S/C24H24ClN3O4S/c1-31-20-10-7-16(12-21(20)32-2)19-14-33-24(26-19)27-22(29)17-4-3-11-28(13-17)23(30)15-5-8-18(25)9-6-15/h5-10,12,14,17H,3-4,11,13H2,1-2H3,(H,26,27,29). The van der Waals surface area contributed by atoms with E-state index in [2.05, 4.69) is 10.3 Å². The molecule has 3 aromatic rings. The Bertz CT molecular complexity index is 1150. The predicted molar refractivity (Wildman–Crippen MR) is 129 cm³/mol. The molecule has 2 heterocycles. The van der Waals surface area contributed by atoms with Crippen molar-refractivity contribution in [3.63, 3.8) is 0 Å². The number of anilines is 1. The highest BCUT2D eigenvalue weighted by Gasteiger charge is 2.29. The number of carbonyl (C=O) groups is 2. The number of nitrogens with zero attached hydrogens (tertiary/aromatic N) is 2. The van der Waals surface area contributed by atoms with Crippen LogP contribution < -0.4 is 14.8 Å². The summed E-state index contributed by atoms with van der Waals surface area (Å²) in [5, 5.41) is 5.90. The zero-order valence-electron chi connectivity index (χ0n) is 18.3. The number of amides is 2. The lowest BCUT2D eigenvalue weighted by Gasteiger charge is -2.32. The number of aromatic nitrogens is 1. The van der Waals surface area contributed by atoms with Crippen LogP contribution >= 0.6 is 22.9 Å². The smallest absolute Gasteiger partial charge is 0.253 e. The van der Waals surface area contributed by atoms with Gasteiger partial charge in [0.05, 0.1) is 25.8 Å². The number of hydrogen-bond acceptors (Lipinski definition) is 6. The van der Waals surface area contributed by atoms with Gasteiger partial charge in [-0.3, -0.25) is 9.59 Å². The summed E-state index contributed by atoms with van der Waals surface area (Å²) in [4.78, 5) is 32.0. The average molecular weight is 486 g/mol. The molecule has 1 N–H and O–H groups in total. The van der Waals surface area contributed by atoms with Crippen LogP contribution in [0.25, 0.3) is 11.3 Å². The molecular formula is C24H24ClN3O4S. The zero-order valence-corrected chi connectivity index (χ0v) is 19.9. The predicted octanol–water partition coefficient (Wildman–Crippen LogP) is 4.97. The number of thiazole rings is 1. The summed E-state index contributed by atoms with van der Waals surface area (Å²) in [5.74, 6) is 0.746. The van der Waals surface area contributed by atoms with Crippen molar-refractivity contribution in [1.29, 1.82) is 0 Å². The van der Waals surface area contributed by atoms with E-state index in [1.807, 2.05) is 23.6 Å². The van der Waals surface area contributed by atoms with Gasteiger partial charge in [0.2, 0.25) is 5.91 Å². The minimum atomic E-state index is -0.288. The third kappa shape index (κ3) is 5.29. The molecule has 4 rings (SSSR count). The summed E-state index contributed by atoms with van der Waals surface area (Å²) in [6.07, 6.45) is 1.50. The molecule has 1 saturated heterocycles. The molecule has 1 unspecified atom stereocenters. The van der Waals surface area contributed by atoms with E-state index in [0.29, 0.717) is 40.3 Å². The average Bonchev–Trinajstić information content (AvgIpc) is 3.32. The van der Waals surface area contributed by atoms with Gasteiger partial charge in [-0.15, -0.1) is 11.3 Å². The van der Waals surface area contributed by atoms with E-state index in [0.717, 1.165) is 24.1 Å². The molecule has 1 atom stereocenters. The highest BCUT2D eigenvalue weighted by Crippen LogP contribution is 2.33. The van der Waals surface area contributed by atoms with E-state index in [4.69, 9.17) is 21.1 Å². The van der Waals surface area contributed by atoms with Crippen molar-refractivity contribution in [2.24, 2.45) is 5.92 Å². The van der Waals surface area contributed by atoms with Gasteiger partial charge in [0.1, 0.15) is 0 Å². The maximum Gasteiger partial charge on any atom is 0.253 e. The van der Waals surface area contributed by atoms with Crippen LogP contribution in [-0.4, -0.2) is 49.0 Å². The fraction of sp³-hybridized carbons (Fsp3) is 0.292. The van der Waals surface area contributed by atoms with Crippen LogP contribution in [0.4, 0.5) is 5.13 Å². The first-order valence-corrected chi connectivity index (χ1v) is 11.8. The van der Waals surface area contributed by atoms with Crippen molar-refractivity contribution in [3.05, 3.63) is 58.4 Å². The van der Waals surface area contributed by atoms with Crippen molar-refractivity contribution in [2.75, 3.05) is 32.6 Å². The van der Waals surface area contributed by atoms with Crippen molar-refractivity contribution in [1.82, 2.24) is 9.88 Å². The van der Waals surface area contributed by atoms with Crippen LogP contribution in [0.3, 0.4) is 0 Å². The molecule has 0 saturated carbocycles. The van der Waals surface area contributed by atoms with Gasteiger partial charge in [-0.25, -0.2) is 4.98 Å². The summed E-state index contributed by atoms with van der Waals surface area (Å²) >= 11 is 7.28. The van der Waals surface area contributed by atoms with E-state index in [9.17, 15) is 9.59 Å². The summed E-state index contributed by atoms with van der Waals surface area (Å²) in [6.45, 7) is 1.01. The fourth-order valence-electron chi connectivity index (χ4n) is 3.82. The minimum Gasteiger partial charge on any atom is -0.493 e. The first kappa shape index (κ1) is 23.1. The van der Waals surface area contributed by atoms with Gasteiger partial charge in [-0.2, -0.15) is 0 Å². The first-order chi connectivity index (χ1) is 16.0. The number of hydrogen-bond donors (Lipinski definition) is 1. The van der Waals surface area contributed by atoms with Gasteiger partial charge in [0.25, 0.3) is 5.91 Å². The van der Waals surface area contributed by atoms with E-state index < -0.39 is 0 Å². The van der Waals surface area contributed by atoms with Crippen LogP contribution in [0.2, 0.25) is 5.02 Å². The molecule has 1 fully saturated rings. The van der Waals surface area contributed by atoms with Crippen LogP contribution in [0.1, 0.15) is 23.2 Å². The number of rotatable bonds is 6. The van der Waals surface area contributed by atoms with Crippen molar-refractivity contribution < 1.29 is 19.1 Å². The van der Waals surface area contributed by atoms with E-state index >= 15 is 0 Å². The number of likely N-dealkylation sites (tertiary alicyclic amines) is 1. The quantitative estimate of drug-likeness (QED) is 0.533. The van der Waals surface area contributed by atoms with Crippen LogP contribution in [0, 0.1) is 5.92 Å². The van der Waals surface area contributed by atoms with Crippen molar-refractivity contribution >= 4 is 39.9 Å². The summed E-state index contributed by atoms with van der Waals surface area (Å²) in [7, 11) is 3.17. The second-order valence-corrected chi connectivity index (χ2v) is 8.99. The van der Waals surface area contributed by atoms with Crippen molar-refractivity contribution in [3.8, 4) is 22.8 Å². The normalized spacial score (nSPS) is 15.7. The molecule has 0 aliphatic carbocycles.